The lowest BCUT2D eigenvalue weighted by atomic mass is 10.2. The minimum Gasteiger partial charge on any atom is -0.493 e. The van der Waals surface area contributed by atoms with Crippen LogP contribution < -0.4 is 19.6 Å². The highest BCUT2D eigenvalue weighted by molar-refractivity contribution is 7.92. The average molecular weight is 491 g/mol. The molecule has 0 aliphatic heterocycles. The number of para-hydroxylation sites is 1. The van der Waals surface area contributed by atoms with Crippen LogP contribution in [-0.2, 0) is 10.0 Å². The third-order valence-electron chi connectivity index (χ3n) is 4.38. The van der Waals surface area contributed by atoms with Gasteiger partial charge >= 0.3 is 0 Å². The number of benzene rings is 3. The van der Waals surface area contributed by atoms with Crippen molar-refractivity contribution in [3.8, 4) is 11.5 Å². The molecule has 0 atom stereocenters. The Morgan fingerprint density at radius 3 is 2.48 bits per heavy atom. The molecule has 0 aliphatic rings. The molecule has 2 N–H and O–H groups in total. The molecule has 0 fully saturated rings. The number of halogens is 1. The van der Waals surface area contributed by atoms with Crippen LogP contribution >= 0.6 is 11.6 Å². The second kappa shape index (κ2) is 10.2. The normalized spacial score (nSPS) is 11.2. The largest absolute Gasteiger partial charge is 0.493 e. The molecule has 0 saturated carbocycles. The maximum Gasteiger partial charge on any atom is 0.295 e. The van der Waals surface area contributed by atoms with Gasteiger partial charge < -0.3 is 9.47 Å². The summed E-state index contributed by atoms with van der Waals surface area (Å²) >= 11 is 5.88. The molecule has 3 aromatic carbocycles. The molecule has 0 bridgehead atoms. The smallest absolute Gasteiger partial charge is 0.295 e. The van der Waals surface area contributed by atoms with E-state index in [1.54, 1.807) is 30.3 Å². The van der Waals surface area contributed by atoms with Crippen molar-refractivity contribution in [2.75, 3.05) is 24.4 Å². The van der Waals surface area contributed by atoms with Gasteiger partial charge in [0, 0.05) is 16.7 Å². The molecular weight excluding hydrogens is 472 g/mol. The molecule has 0 saturated heterocycles. The van der Waals surface area contributed by atoms with E-state index in [1.165, 1.54) is 44.7 Å². The molecule has 0 spiro atoms. The van der Waals surface area contributed by atoms with E-state index < -0.39 is 20.6 Å². The number of methoxy groups -OCH3 is 2. The van der Waals surface area contributed by atoms with Crippen molar-refractivity contribution < 1.29 is 22.8 Å². The number of hydrazone groups is 1. The number of hydrogen-bond donors (Lipinski definition) is 2. The highest BCUT2D eigenvalue weighted by Crippen LogP contribution is 2.31. The van der Waals surface area contributed by atoms with Crippen LogP contribution in [0.15, 0.2) is 70.7 Å². The zero-order valence-electron chi connectivity index (χ0n) is 17.5. The fourth-order valence-electron chi connectivity index (χ4n) is 2.88. The van der Waals surface area contributed by atoms with Crippen LogP contribution in [0.25, 0.3) is 0 Å². The van der Waals surface area contributed by atoms with Crippen molar-refractivity contribution in [1.29, 1.82) is 0 Å². The number of anilines is 2. The Morgan fingerprint density at radius 2 is 1.82 bits per heavy atom. The molecular formula is C21H19ClN4O6S. The van der Waals surface area contributed by atoms with Crippen molar-refractivity contribution in [1.82, 2.24) is 0 Å². The molecule has 0 aromatic heterocycles. The van der Waals surface area contributed by atoms with Crippen molar-refractivity contribution >= 4 is 44.9 Å². The lowest BCUT2D eigenvalue weighted by molar-refractivity contribution is -0.384. The van der Waals surface area contributed by atoms with E-state index in [2.05, 4.69) is 15.2 Å². The summed E-state index contributed by atoms with van der Waals surface area (Å²) in [6.45, 7) is 0. The summed E-state index contributed by atoms with van der Waals surface area (Å²) in [7, 11) is -1.12. The Bertz CT molecular complexity index is 1310. The fourth-order valence-corrected chi connectivity index (χ4v) is 4.13. The summed E-state index contributed by atoms with van der Waals surface area (Å²) in [5.41, 5.74) is 2.89. The molecule has 0 radical (unpaired) electrons. The van der Waals surface area contributed by atoms with Gasteiger partial charge in [0.05, 0.1) is 35.9 Å². The molecule has 0 heterocycles. The summed E-state index contributed by atoms with van der Waals surface area (Å²) in [6, 6.07) is 14.7. The second-order valence-electron chi connectivity index (χ2n) is 6.50. The van der Waals surface area contributed by atoms with Gasteiger partial charge in [-0.3, -0.25) is 20.3 Å². The molecule has 3 rings (SSSR count). The van der Waals surface area contributed by atoms with Crippen LogP contribution in [0.5, 0.6) is 11.5 Å². The van der Waals surface area contributed by atoms with Crippen LogP contribution in [0.4, 0.5) is 17.1 Å². The zero-order chi connectivity index (χ0) is 24.0. The van der Waals surface area contributed by atoms with E-state index in [9.17, 15) is 18.5 Å². The monoisotopic (exact) mass is 490 g/mol. The van der Waals surface area contributed by atoms with E-state index in [-0.39, 0.29) is 16.3 Å². The molecule has 33 heavy (non-hydrogen) atoms. The van der Waals surface area contributed by atoms with Gasteiger partial charge in [0.15, 0.2) is 11.5 Å². The van der Waals surface area contributed by atoms with E-state index in [0.29, 0.717) is 22.1 Å². The summed E-state index contributed by atoms with van der Waals surface area (Å²) < 4.78 is 38.2. The molecule has 3 aromatic rings. The fraction of sp³-hybridized carbons (Fsp3) is 0.0952. The van der Waals surface area contributed by atoms with Gasteiger partial charge in [0.25, 0.3) is 15.7 Å². The summed E-state index contributed by atoms with van der Waals surface area (Å²) in [5, 5.41) is 15.9. The van der Waals surface area contributed by atoms with Gasteiger partial charge in [-0.05, 0) is 42.5 Å². The predicted octanol–water partition coefficient (Wildman–Crippen LogP) is 4.51. The van der Waals surface area contributed by atoms with Gasteiger partial charge in [-0.1, -0.05) is 23.7 Å². The van der Waals surface area contributed by atoms with Crippen LogP contribution in [0.2, 0.25) is 5.02 Å². The quantitative estimate of drug-likeness (QED) is 0.256. The summed E-state index contributed by atoms with van der Waals surface area (Å²) in [4.78, 5) is 10.6. The second-order valence-corrected chi connectivity index (χ2v) is 8.62. The Labute approximate surface area is 195 Å². The van der Waals surface area contributed by atoms with Crippen molar-refractivity contribution in [3.63, 3.8) is 0 Å². The Hall–Kier alpha value is -3.83. The van der Waals surface area contributed by atoms with Gasteiger partial charge in [-0.15, -0.1) is 0 Å². The van der Waals surface area contributed by atoms with Gasteiger partial charge in [0.1, 0.15) is 5.69 Å². The Kier molecular flexibility index (Phi) is 7.36. The number of ether oxygens (including phenoxy) is 2. The van der Waals surface area contributed by atoms with Crippen molar-refractivity contribution in [2.45, 2.75) is 4.90 Å². The molecule has 172 valence electrons. The third-order valence-corrected chi connectivity index (χ3v) is 5.99. The van der Waals surface area contributed by atoms with Crippen LogP contribution in [0, 0.1) is 10.1 Å². The van der Waals surface area contributed by atoms with Gasteiger partial charge in [-0.25, -0.2) is 8.42 Å². The highest BCUT2D eigenvalue weighted by atomic mass is 35.5. The predicted molar refractivity (Wildman–Crippen MR) is 126 cm³/mol. The molecule has 0 amide bonds. The average Bonchev–Trinajstić information content (AvgIpc) is 2.78. The van der Waals surface area contributed by atoms with Gasteiger partial charge in [0.2, 0.25) is 0 Å². The number of nitro benzene ring substituents is 1. The number of nitro groups is 1. The maximum atomic E-state index is 12.7. The molecule has 12 heteroatoms. The lowest BCUT2D eigenvalue weighted by Crippen LogP contribution is -2.13. The number of hydrogen-bond acceptors (Lipinski definition) is 8. The first-order valence-corrected chi connectivity index (χ1v) is 11.2. The van der Waals surface area contributed by atoms with E-state index in [4.69, 9.17) is 21.1 Å². The number of nitrogens with one attached hydrogen (secondary N) is 2. The summed E-state index contributed by atoms with van der Waals surface area (Å²) in [5.74, 6) is 0.933. The molecule has 10 nitrogen and oxygen atoms in total. The number of rotatable bonds is 9. The first kappa shape index (κ1) is 23.8. The lowest BCUT2D eigenvalue weighted by Gasteiger charge is -2.10. The molecule has 0 unspecified atom stereocenters. The first-order chi connectivity index (χ1) is 15.7. The Balaban J connectivity index is 1.86. The topological polar surface area (TPSA) is 132 Å². The van der Waals surface area contributed by atoms with E-state index in [1.807, 2.05) is 0 Å². The van der Waals surface area contributed by atoms with Crippen molar-refractivity contribution in [2.24, 2.45) is 5.10 Å². The standard InChI is InChI=1S/C21H19ClN4O6S/c1-31-20-8-3-5-14(21(20)32-2)13-23-24-18-10-9-17(12-19(18)26(27)28)33(29,30)25-16-7-4-6-15(22)11-16/h3-13,24-25H,1-2H3/b23-13+. The van der Waals surface area contributed by atoms with Crippen LogP contribution in [-0.4, -0.2) is 33.8 Å². The zero-order valence-corrected chi connectivity index (χ0v) is 19.1. The minimum absolute atomic E-state index is 0.000168. The number of nitrogens with zero attached hydrogens (tertiary/aromatic N) is 2. The van der Waals surface area contributed by atoms with Crippen LogP contribution in [0.1, 0.15) is 5.56 Å². The minimum atomic E-state index is -4.09. The third kappa shape index (κ3) is 5.70. The van der Waals surface area contributed by atoms with Gasteiger partial charge in [-0.2, -0.15) is 5.10 Å². The van der Waals surface area contributed by atoms with E-state index in [0.717, 1.165) is 6.07 Å². The SMILES string of the molecule is COc1cccc(/C=N/Nc2ccc(S(=O)(=O)Nc3cccc(Cl)c3)cc2[N+](=O)[O-])c1OC. The maximum absolute atomic E-state index is 12.7. The Morgan fingerprint density at radius 1 is 1.06 bits per heavy atom. The summed E-state index contributed by atoms with van der Waals surface area (Å²) in [6.07, 6.45) is 1.40. The number of sulfonamides is 1. The van der Waals surface area contributed by atoms with Crippen LogP contribution in [0.3, 0.4) is 0 Å². The molecule has 0 aliphatic carbocycles. The van der Waals surface area contributed by atoms with Crippen molar-refractivity contribution in [3.05, 3.63) is 81.4 Å². The van der Waals surface area contributed by atoms with E-state index >= 15 is 0 Å². The first-order valence-electron chi connectivity index (χ1n) is 9.32. The highest BCUT2D eigenvalue weighted by Gasteiger charge is 2.22.